The SMILES string of the molecule is O=C(Nc1ccc(C(F)(F)F)cc1)c1ccnc(Nc2ccccc2)n1. The number of rotatable bonds is 4. The Morgan fingerprint density at radius 3 is 2.23 bits per heavy atom. The summed E-state index contributed by atoms with van der Waals surface area (Å²) in [6.07, 6.45) is -3.01. The molecule has 0 radical (unpaired) electrons. The molecule has 0 unspecified atom stereocenters. The van der Waals surface area contributed by atoms with Gasteiger partial charge >= 0.3 is 6.18 Å². The number of anilines is 3. The first kappa shape index (κ1) is 17.4. The molecule has 0 spiro atoms. The van der Waals surface area contributed by atoms with Gasteiger partial charge in [-0.05, 0) is 42.5 Å². The van der Waals surface area contributed by atoms with Gasteiger partial charge in [0.2, 0.25) is 5.95 Å². The van der Waals surface area contributed by atoms with Crippen molar-refractivity contribution in [1.82, 2.24) is 9.97 Å². The third kappa shape index (κ3) is 4.35. The lowest BCUT2D eigenvalue weighted by Gasteiger charge is -2.09. The van der Waals surface area contributed by atoms with Crippen LogP contribution in [0.1, 0.15) is 16.1 Å². The van der Waals surface area contributed by atoms with Crippen molar-refractivity contribution in [1.29, 1.82) is 0 Å². The number of aromatic nitrogens is 2. The highest BCUT2D eigenvalue weighted by molar-refractivity contribution is 6.03. The van der Waals surface area contributed by atoms with E-state index in [1.165, 1.54) is 24.4 Å². The van der Waals surface area contributed by atoms with Crippen LogP contribution in [0.2, 0.25) is 0 Å². The van der Waals surface area contributed by atoms with Gasteiger partial charge in [0.1, 0.15) is 5.69 Å². The summed E-state index contributed by atoms with van der Waals surface area (Å²) in [5.74, 6) is -0.320. The molecule has 0 saturated heterocycles. The van der Waals surface area contributed by atoms with Gasteiger partial charge in [0.05, 0.1) is 5.56 Å². The second kappa shape index (κ2) is 7.22. The topological polar surface area (TPSA) is 66.9 Å². The van der Waals surface area contributed by atoms with E-state index in [1.54, 1.807) is 0 Å². The fourth-order valence-electron chi connectivity index (χ4n) is 2.13. The molecule has 0 fully saturated rings. The van der Waals surface area contributed by atoms with Crippen LogP contribution in [-0.2, 0) is 6.18 Å². The minimum Gasteiger partial charge on any atom is -0.324 e. The average molecular weight is 358 g/mol. The predicted octanol–water partition coefficient (Wildman–Crippen LogP) is 4.49. The number of hydrogen-bond acceptors (Lipinski definition) is 4. The van der Waals surface area contributed by atoms with E-state index in [0.29, 0.717) is 0 Å². The van der Waals surface area contributed by atoms with Crippen LogP contribution in [0.3, 0.4) is 0 Å². The van der Waals surface area contributed by atoms with E-state index in [-0.39, 0.29) is 17.3 Å². The van der Waals surface area contributed by atoms with E-state index < -0.39 is 17.6 Å². The van der Waals surface area contributed by atoms with Crippen LogP contribution in [0.5, 0.6) is 0 Å². The number of halogens is 3. The highest BCUT2D eigenvalue weighted by Crippen LogP contribution is 2.29. The fourth-order valence-corrected chi connectivity index (χ4v) is 2.13. The number of nitrogens with zero attached hydrogens (tertiary/aromatic N) is 2. The maximum absolute atomic E-state index is 12.6. The molecule has 1 amide bonds. The molecular weight excluding hydrogens is 345 g/mol. The lowest BCUT2D eigenvalue weighted by Crippen LogP contribution is -2.15. The molecule has 0 saturated carbocycles. The smallest absolute Gasteiger partial charge is 0.324 e. The normalized spacial score (nSPS) is 11.0. The molecule has 2 N–H and O–H groups in total. The van der Waals surface area contributed by atoms with Crippen molar-refractivity contribution in [2.45, 2.75) is 6.18 Å². The van der Waals surface area contributed by atoms with Gasteiger partial charge in [-0.25, -0.2) is 9.97 Å². The Morgan fingerprint density at radius 1 is 0.885 bits per heavy atom. The molecule has 0 bridgehead atoms. The minimum atomic E-state index is -4.42. The van der Waals surface area contributed by atoms with Gasteiger partial charge in [-0.3, -0.25) is 4.79 Å². The lowest BCUT2D eigenvalue weighted by molar-refractivity contribution is -0.137. The first-order valence-corrected chi connectivity index (χ1v) is 7.55. The van der Waals surface area contributed by atoms with Crippen LogP contribution in [0.4, 0.5) is 30.5 Å². The quantitative estimate of drug-likeness (QED) is 0.721. The molecule has 2 aromatic carbocycles. The molecule has 5 nitrogen and oxygen atoms in total. The van der Waals surface area contributed by atoms with E-state index in [2.05, 4.69) is 20.6 Å². The van der Waals surface area contributed by atoms with E-state index in [0.717, 1.165) is 17.8 Å². The first-order valence-electron chi connectivity index (χ1n) is 7.55. The number of benzene rings is 2. The summed E-state index contributed by atoms with van der Waals surface area (Å²) in [6, 6.07) is 14.8. The van der Waals surface area contributed by atoms with Crippen molar-refractivity contribution in [3.05, 3.63) is 78.1 Å². The predicted molar refractivity (Wildman–Crippen MR) is 91.2 cm³/mol. The Kier molecular flexibility index (Phi) is 4.83. The van der Waals surface area contributed by atoms with Gasteiger partial charge in [0, 0.05) is 17.6 Å². The molecule has 0 aliphatic carbocycles. The number of para-hydroxylation sites is 1. The molecular formula is C18H13F3N4O. The minimum absolute atomic E-state index is 0.0818. The van der Waals surface area contributed by atoms with Gasteiger partial charge in [0.15, 0.2) is 0 Å². The fraction of sp³-hybridized carbons (Fsp3) is 0.0556. The van der Waals surface area contributed by atoms with E-state index in [1.807, 2.05) is 30.3 Å². The molecule has 8 heteroatoms. The van der Waals surface area contributed by atoms with Crippen LogP contribution in [-0.4, -0.2) is 15.9 Å². The number of carbonyl (C=O) groups is 1. The number of carbonyl (C=O) groups excluding carboxylic acids is 1. The van der Waals surface area contributed by atoms with Crippen LogP contribution in [0, 0.1) is 0 Å². The van der Waals surface area contributed by atoms with Crippen molar-refractivity contribution in [3.8, 4) is 0 Å². The van der Waals surface area contributed by atoms with Crippen LogP contribution >= 0.6 is 0 Å². The van der Waals surface area contributed by atoms with Crippen LogP contribution < -0.4 is 10.6 Å². The van der Waals surface area contributed by atoms with Gasteiger partial charge in [0.25, 0.3) is 5.91 Å². The second-order valence-electron chi connectivity index (χ2n) is 5.29. The Bertz CT molecular complexity index is 896. The van der Waals surface area contributed by atoms with Gasteiger partial charge in [-0.1, -0.05) is 18.2 Å². The van der Waals surface area contributed by atoms with Crippen LogP contribution in [0.25, 0.3) is 0 Å². The number of alkyl halides is 3. The third-order valence-electron chi connectivity index (χ3n) is 3.39. The maximum Gasteiger partial charge on any atom is 0.416 e. The van der Waals surface area contributed by atoms with Crippen molar-refractivity contribution in [3.63, 3.8) is 0 Å². The van der Waals surface area contributed by atoms with Crippen molar-refractivity contribution < 1.29 is 18.0 Å². The number of amides is 1. The Hall–Kier alpha value is -3.42. The van der Waals surface area contributed by atoms with Crippen LogP contribution in [0.15, 0.2) is 66.9 Å². The summed E-state index contributed by atoms with van der Waals surface area (Å²) in [7, 11) is 0. The summed E-state index contributed by atoms with van der Waals surface area (Å²) >= 11 is 0. The molecule has 132 valence electrons. The Balaban J connectivity index is 1.71. The van der Waals surface area contributed by atoms with Gasteiger partial charge in [-0.2, -0.15) is 13.2 Å². The molecule has 1 aromatic heterocycles. The molecule has 1 heterocycles. The summed E-state index contributed by atoms with van der Waals surface area (Å²) < 4.78 is 37.7. The molecule has 26 heavy (non-hydrogen) atoms. The van der Waals surface area contributed by atoms with Crippen molar-refractivity contribution in [2.75, 3.05) is 10.6 Å². The van der Waals surface area contributed by atoms with Gasteiger partial charge < -0.3 is 10.6 Å². The molecule has 3 aromatic rings. The average Bonchev–Trinajstić information content (AvgIpc) is 2.62. The first-order chi connectivity index (χ1) is 12.4. The number of hydrogen-bond donors (Lipinski definition) is 2. The molecule has 0 aliphatic rings. The van der Waals surface area contributed by atoms with Crippen molar-refractivity contribution in [2.24, 2.45) is 0 Å². The summed E-state index contributed by atoms with van der Waals surface area (Å²) in [6.45, 7) is 0. The van der Waals surface area contributed by atoms with Crippen molar-refractivity contribution >= 4 is 23.2 Å². The monoisotopic (exact) mass is 358 g/mol. The summed E-state index contributed by atoms with van der Waals surface area (Å²) in [4.78, 5) is 20.4. The zero-order valence-corrected chi connectivity index (χ0v) is 13.3. The largest absolute Gasteiger partial charge is 0.416 e. The molecule has 0 atom stereocenters. The second-order valence-corrected chi connectivity index (χ2v) is 5.29. The zero-order valence-electron chi connectivity index (χ0n) is 13.3. The van der Waals surface area contributed by atoms with E-state index in [9.17, 15) is 18.0 Å². The Morgan fingerprint density at radius 2 is 1.58 bits per heavy atom. The van der Waals surface area contributed by atoms with E-state index in [4.69, 9.17) is 0 Å². The van der Waals surface area contributed by atoms with Gasteiger partial charge in [-0.15, -0.1) is 0 Å². The van der Waals surface area contributed by atoms with E-state index >= 15 is 0 Å². The standard InChI is InChI=1S/C18H13F3N4O/c19-18(20,21)12-6-8-14(9-7-12)23-16(26)15-10-11-22-17(25-15)24-13-4-2-1-3-5-13/h1-11H,(H,23,26)(H,22,24,25). The summed E-state index contributed by atoms with van der Waals surface area (Å²) in [5.41, 5.74) is 0.289. The highest BCUT2D eigenvalue weighted by Gasteiger charge is 2.30. The number of nitrogens with one attached hydrogen (secondary N) is 2. The summed E-state index contributed by atoms with van der Waals surface area (Å²) in [5, 5.41) is 5.46. The maximum atomic E-state index is 12.6. The Labute approximate surface area is 146 Å². The highest BCUT2D eigenvalue weighted by atomic mass is 19.4. The lowest BCUT2D eigenvalue weighted by atomic mass is 10.2. The third-order valence-corrected chi connectivity index (χ3v) is 3.39. The zero-order chi connectivity index (χ0) is 18.6. The molecule has 3 rings (SSSR count). The molecule has 0 aliphatic heterocycles.